The molecule has 0 fully saturated rings. The molecule has 0 amide bonds. The molecular formula is C25H53NO3P+. The van der Waals surface area contributed by atoms with Gasteiger partial charge >= 0.3 is 7.60 Å². The van der Waals surface area contributed by atoms with E-state index < -0.39 is 7.60 Å². The van der Waals surface area contributed by atoms with Crippen LogP contribution in [0, 0.1) is 0 Å². The van der Waals surface area contributed by atoms with Gasteiger partial charge in [-0.25, -0.2) is 0 Å². The molecule has 0 aliphatic rings. The summed E-state index contributed by atoms with van der Waals surface area (Å²) in [5, 5.41) is 0. The summed E-state index contributed by atoms with van der Waals surface area (Å²) in [7, 11) is 2.30. The molecule has 1 N–H and O–H groups in total. The number of nitrogens with zero attached hydrogens (tertiary/aromatic N) is 1. The molecule has 0 aromatic carbocycles. The molecule has 0 spiro atoms. The maximum atomic E-state index is 12.5. The Morgan fingerprint density at radius 3 is 1.63 bits per heavy atom. The molecule has 180 valence electrons. The molecule has 0 aromatic heterocycles. The van der Waals surface area contributed by atoms with Crippen molar-refractivity contribution in [2.45, 2.75) is 122 Å². The van der Waals surface area contributed by atoms with Crippen LogP contribution in [0.25, 0.3) is 0 Å². The molecule has 0 aliphatic carbocycles. The van der Waals surface area contributed by atoms with Crippen molar-refractivity contribution in [3.05, 3.63) is 12.2 Å². The molecule has 4 nitrogen and oxygen atoms in total. The van der Waals surface area contributed by atoms with Crippen molar-refractivity contribution in [2.24, 2.45) is 0 Å². The van der Waals surface area contributed by atoms with Crippen LogP contribution in [0.4, 0.5) is 0 Å². The van der Waals surface area contributed by atoms with E-state index in [1.165, 1.54) is 83.5 Å². The van der Waals surface area contributed by atoms with Gasteiger partial charge in [0.05, 0.1) is 27.7 Å². The number of allylic oxidation sites excluding steroid dienone is 2. The van der Waals surface area contributed by atoms with Crippen LogP contribution in [0.1, 0.15) is 117 Å². The SMILES string of the molecule is CCCCCCCCC/C=C\CCCCCCCCOP(=O)(O)C(CC)[N+](C)(C)C. The molecule has 0 heterocycles. The van der Waals surface area contributed by atoms with Gasteiger partial charge in [0.2, 0.25) is 0 Å². The fraction of sp³-hybridized carbons (Fsp3) is 0.920. The predicted octanol–water partition coefficient (Wildman–Crippen LogP) is 8.06. The average molecular weight is 447 g/mol. The van der Waals surface area contributed by atoms with E-state index in [9.17, 15) is 9.46 Å². The standard InChI is InChI=1S/C25H52NO3P/c1-6-8-9-10-11-12-13-14-15-16-17-18-19-20-21-22-23-24-29-30(27,28)25(7-2)26(3,4)5/h15-16,25H,6-14,17-24H2,1-5H3/p+1/b16-15-. The minimum Gasteiger partial charge on any atom is -0.320 e. The van der Waals surface area contributed by atoms with Crippen LogP contribution in [0.15, 0.2) is 12.2 Å². The number of quaternary nitrogens is 1. The first-order valence-electron chi connectivity index (χ1n) is 12.7. The Kier molecular flexibility index (Phi) is 18.3. The fourth-order valence-corrected chi connectivity index (χ4v) is 5.92. The van der Waals surface area contributed by atoms with E-state index in [4.69, 9.17) is 4.52 Å². The molecule has 0 saturated carbocycles. The lowest BCUT2D eigenvalue weighted by atomic mass is 10.1. The predicted molar refractivity (Wildman–Crippen MR) is 132 cm³/mol. The van der Waals surface area contributed by atoms with Crippen molar-refractivity contribution < 1.29 is 18.5 Å². The summed E-state index contributed by atoms with van der Waals surface area (Å²) in [6.07, 6.45) is 24.5. The molecule has 0 aromatic rings. The quantitative estimate of drug-likeness (QED) is 0.0839. The maximum Gasteiger partial charge on any atom is 0.385 e. The first kappa shape index (κ1) is 29.9. The fourth-order valence-electron chi connectivity index (χ4n) is 4.02. The van der Waals surface area contributed by atoms with E-state index >= 15 is 0 Å². The van der Waals surface area contributed by atoms with Crippen LogP contribution in [-0.4, -0.2) is 42.9 Å². The second-order valence-corrected chi connectivity index (χ2v) is 11.7. The van der Waals surface area contributed by atoms with Crippen LogP contribution in [0.2, 0.25) is 0 Å². The zero-order chi connectivity index (χ0) is 22.7. The zero-order valence-electron chi connectivity index (χ0n) is 20.9. The van der Waals surface area contributed by atoms with Crippen molar-refractivity contribution in [1.82, 2.24) is 0 Å². The van der Waals surface area contributed by atoms with Gasteiger partial charge in [0.25, 0.3) is 0 Å². The normalized spacial score (nSPS) is 15.5. The van der Waals surface area contributed by atoms with Crippen molar-refractivity contribution in [1.29, 1.82) is 0 Å². The van der Waals surface area contributed by atoms with Gasteiger partial charge in [0, 0.05) is 6.42 Å². The molecule has 2 unspecified atom stereocenters. The van der Waals surface area contributed by atoms with E-state index in [0.29, 0.717) is 17.5 Å². The summed E-state index contributed by atoms with van der Waals surface area (Å²) in [6, 6.07) is 0. The van der Waals surface area contributed by atoms with E-state index in [0.717, 1.165) is 12.8 Å². The van der Waals surface area contributed by atoms with E-state index in [-0.39, 0.29) is 5.78 Å². The van der Waals surface area contributed by atoms with Crippen LogP contribution < -0.4 is 0 Å². The summed E-state index contributed by atoms with van der Waals surface area (Å²) in [6.45, 7) is 4.62. The van der Waals surface area contributed by atoms with Gasteiger partial charge in [-0.15, -0.1) is 0 Å². The summed E-state index contributed by atoms with van der Waals surface area (Å²) < 4.78 is 18.4. The van der Waals surface area contributed by atoms with Crippen LogP contribution in [0.3, 0.4) is 0 Å². The van der Waals surface area contributed by atoms with Gasteiger partial charge in [0.15, 0.2) is 5.78 Å². The number of unbranched alkanes of at least 4 members (excludes halogenated alkanes) is 13. The lowest BCUT2D eigenvalue weighted by molar-refractivity contribution is -0.883. The van der Waals surface area contributed by atoms with Gasteiger partial charge in [0.1, 0.15) is 0 Å². The van der Waals surface area contributed by atoms with Gasteiger partial charge in [-0.2, -0.15) is 0 Å². The van der Waals surface area contributed by atoms with Crippen molar-refractivity contribution in [2.75, 3.05) is 27.7 Å². The smallest absolute Gasteiger partial charge is 0.320 e. The largest absolute Gasteiger partial charge is 0.385 e. The number of hydrogen-bond donors (Lipinski definition) is 1. The Morgan fingerprint density at radius 2 is 1.20 bits per heavy atom. The highest BCUT2D eigenvalue weighted by Crippen LogP contribution is 2.51. The summed E-state index contributed by atoms with van der Waals surface area (Å²) >= 11 is 0. The topological polar surface area (TPSA) is 46.5 Å². The molecule has 30 heavy (non-hydrogen) atoms. The van der Waals surface area contributed by atoms with Gasteiger partial charge in [-0.05, 0) is 32.1 Å². The van der Waals surface area contributed by atoms with Crippen molar-refractivity contribution >= 4 is 7.60 Å². The molecule has 0 rings (SSSR count). The molecule has 2 atom stereocenters. The van der Waals surface area contributed by atoms with Crippen LogP contribution in [0.5, 0.6) is 0 Å². The van der Waals surface area contributed by atoms with Gasteiger partial charge < -0.3 is 13.9 Å². The highest BCUT2D eigenvalue weighted by Gasteiger charge is 2.41. The Bertz CT molecular complexity index is 460. The maximum absolute atomic E-state index is 12.5. The molecule has 0 saturated heterocycles. The van der Waals surface area contributed by atoms with E-state index in [1.54, 1.807) is 0 Å². The Labute approximate surface area is 188 Å². The highest BCUT2D eigenvalue weighted by atomic mass is 31.2. The molecular weight excluding hydrogens is 393 g/mol. The summed E-state index contributed by atoms with van der Waals surface area (Å²) in [4.78, 5) is 10.3. The zero-order valence-corrected chi connectivity index (χ0v) is 21.8. The third-order valence-corrected chi connectivity index (χ3v) is 8.18. The average Bonchev–Trinajstić information content (AvgIpc) is 2.66. The Morgan fingerprint density at radius 1 is 0.767 bits per heavy atom. The molecule has 0 radical (unpaired) electrons. The lowest BCUT2D eigenvalue weighted by Crippen LogP contribution is -2.44. The number of rotatable bonds is 21. The Balaban J connectivity index is 3.51. The molecule has 0 bridgehead atoms. The molecule has 5 heteroatoms. The number of hydrogen-bond acceptors (Lipinski definition) is 2. The second-order valence-electron chi connectivity index (χ2n) is 9.69. The third-order valence-electron chi connectivity index (χ3n) is 5.82. The third kappa shape index (κ3) is 16.5. The highest BCUT2D eigenvalue weighted by molar-refractivity contribution is 7.53. The minimum atomic E-state index is -3.55. The van der Waals surface area contributed by atoms with E-state index in [2.05, 4.69) is 19.1 Å². The summed E-state index contributed by atoms with van der Waals surface area (Å²) in [5.41, 5.74) is 0. The lowest BCUT2D eigenvalue weighted by Gasteiger charge is -2.35. The van der Waals surface area contributed by atoms with Crippen LogP contribution >= 0.6 is 7.60 Å². The van der Waals surface area contributed by atoms with Crippen LogP contribution in [-0.2, 0) is 9.09 Å². The van der Waals surface area contributed by atoms with E-state index in [1.807, 2.05) is 28.1 Å². The second kappa shape index (κ2) is 18.4. The van der Waals surface area contributed by atoms with Gasteiger partial charge in [-0.3, -0.25) is 4.57 Å². The van der Waals surface area contributed by atoms with Crippen molar-refractivity contribution in [3.63, 3.8) is 0 Å². The van der Waals surface area contributed by atoms with Crippen molar-refractivity contribution in [3.8, 4) is 0 Å². The van der Waals surface area contributed by atoms with Gasteiger partial charge in [-0.1, -0.05) is 90.2 Å². The minimum absolute atomic E-state index is 0.351. The first-order chi connectivity index (χ1) is 14.3. The first-order valence-corrected chi connectivity index (χ1v) is 14.3. The Hall–Kier alpha value is -0.150. The summed E-state index contributed by atoms with van der Waals surface area (Å²) in [5.74, 6) is -0.351. The monoisotopic (exact) mass is 446 g/mol. The molecule has 0 aliphatic heterocycles.